The quantitative estimate of drug-likeness (QED) is 0.834. The lowest BCUT2D eigenvalue weighted by molar-refractivity contribution is -0.127. The van der Waals surface area contributed by atoms with Crippen LogP contribution < -0.4 is 5.32 Å². The third kappa shape index (κ3) is 2.85. The maximum absolute atomic E-state index is 11.4. The van der Waals surface area contributed by atoms with Gasteiger partial charge in [0.05, 0.1) is 6.54 Å². The summed E-state index contributed by atoms with van der Waals surface area (Å²) in [6.07, 6.45) is 1.93. The van der Waals surface area contributed by atoms with Gasteiger partial charge in [-0.1, -0.05) is 6.07 Å². The molecule has 2 rings (SSSR count). The molecule has 0 aliphatic heterocycles. The fourth-order valence-electron chi connectivity index (χ4n) is 1.68. The number of nitrogens with zero attached hydrogens (tertiary/aromatic N) is 1. The van der Waals surface area contributed by atoms with E-state index in [1.54, 1.807) is 19.0 Å². The van der Waals surface area contributed by atoms with Gasteiger partial charge in [-0.3, -0.25) is 4.79 Å². The molecule has 0 fully saturated rings. The summed E-state index contributed by atoms with van der Waals surface area (Å²) in [6.45, 7) is 1.08. The van der Waals surface area contributed by atoms with Gasteiger partial charge in [0, 0.05) is 32.4 Å². The van der Waals surface area contributed by atoms with E-state index in [2.05, 4.69) is 28.5 Å². The predicted molar refractivity (Wildman–Crippen MR) is 68.7 cm³/mol. The van der Waals surface area contributed by atoms with Crippen molar-refractivity contribution in [1.29, 1.82) is 0 Å². The van der Waals surface area contributed by atoms with E-state index in [1.807, 2.05) is 12.3 Å². The fourth-order valence-corrected chi connectivity index (χ4v) is 1.68. The van der Waals surface area contributed by atoms with Crippen LogP contribution in [0.4, 0.5) is 0 Å². The van der Waals surface area contributed by atoms with Gasteiger partial charge >= 0.3 is 0 Å². The van der Waals surface area contributed by atoms with Crippen LogP contribution >= 0.6 is 0 Å². The van der Waals surface area contributed by atoms with E-state index >= 15 is 0 Å². The minimum Gasteiger partial charge on any atom is -0.361 e. The first-order valence-corrected chi connectivity index (χ1v) is 5.64. The van der Waals surface area contributed by atoms with E-state index in [9.17, 15) is 4.79 Å². The van der Waals surface area contributed by atoms with Crippen molar-refractivity contribution in [2.75, 3.05) is 20.6 Å². The molecule has 90 valence electrons. The van der Waals surface area contributed by atoms with Crippen molar-refractivity contribution in [1.82, 2.24) is 15.2 Å². The lowest BCUT2D eigenvalue weighted by Crippen LogP contribution is -2.32. The third-order valence-corrected chi connectivity index (χ3v) is 2.72. The average molecular weight is 231 g/mol. The molecule has 1 heterocycles. The molecule has 0 aliphatic rings. The Kier molecular flexibility index (Phi) is 3.44. The zero-order valence-corrected chi connectivity index (χ0v) is 10.2. The molecule has 0 saturated carbocycles. The summed E-state index contributed by atoms with van der Waals surface area (Å²) in [6, 6.07) is 8.29. The van der Waals surface area contributed by atoms with Gasteiger partial charge in [-0.05, 0) is 29.1 Å². The van der Waals surface area contributed by atoms with Crippen molar-refractivity contribution in [2.45, 2.75) is 6.54 Å². The van der Waals surface area contributed by atoms with Gasteiger partial charge in [0.15, 0.2) is 0 Å². The number of benzene rings is 1. The fraction of sp³-hybridized carbons (Fsp3) is 0.308. The largest absolute Gasteiger partial charge is 0.361 e. The van der Waals surface area contributed by atoms with E-state index in [0.717, 1.165) is 5.52 Å². The molecule has 1 aromatic carbocycles. The number of hydrogen-bond donors (Lipinski definition) is 2. The van der Waals surface area contributed by atoms with Crippen molar-refractivity contribution in [3.63, 3.8) is 0 Å². The maximum Gasteiger partial charge on any atom is 0.236 e. The van der Waals surface area contributed by atoms with Crippen molar-refractivity contribution < 1.29 is 4.79 Å². The second-order valence-electron chi connectivity index (χ2n) is 4.29. The molecule has 0 saturated heterocycles. The molecule has 0 bridgehead atoms. The Labute approximate surface area is 101 Å². The van der Waals surface area contributed by atoms with Gasteiger partial charge in [-0.15, -0.1) is 0 Å². The summed E-state index contributed by atoms with van der Waals surface area (Å²) < 4.78 is 0. The number of carbonyl (C=O) groups excluding carboxylic acids is 1. The van der Waals surface area contributed by atoms with E-state index in [0.29, 0.717) is 13.1 Å². The first-order valence-electron chi connectivity index (χ1n) is 5.64. The normalized spacial score (nSPS) is 10.7. The monoisotopic (exact) mass is 231 g/mol. The van der Waals surface area contributed by atoms with Crippen LogP contribution in [0.3, 0.4) is 0 Å². The smallest absolute Gasteiger partial charge is 0.236 e. The topological polar surface area (TPSA) is 48.1 Å². The van der Waals surface area contributed by atoms with Crippen LogP contribution in [0, 0.1) is 0 Å². The summed E-state index contributed by atoms with van der Waals surface area (Å²) in [7, 11) is 3.52. The number of aromatic nitrogens is 1. The number of carbonyl (C=O) groups is 1. The molecule has 17 heavy (non-hydrogen) atoms. The summed E-state index contributed by atoms with van der Waals surface area (Å²) in [5, 5.41) is 4.34. The highest BCUT2D eigenvalue weighted by atomic mass is 16.2. The number of rotatable bonds is 4. The summed E-state index contributed by atoms with van der Waals surface area (Å²) in [5.74, 6) is 0.0905. The van der Waals surface area contributed by atoms with Crippen LogP contribution in [0.15, 0.2) is 30.5 Å². The Balaban J connectivity index is 1.92. The Morgan fingerprint density at radius 1 is 1.35 bits per heavy atom. The van der Waals surface area contributed by atoms with Gasteiger partial charge < -0.3 is 15.2 Å². The van der Waals surface area contributed by atoms with E-state index < -0.39 is 0 Å². The van der Waals surface area contributed by atoms with Gasteiger partial charge in [0.1, 0.15) is 0 Å². The van der Waals surface area contributed by atoms with Crippen LogP contribution in [0.1, 0.15) is 5.56 Å². The zero-order chi connectivity index (χ0) is 12.3. The third-order valence-electron chi connectivity index (χ3n) is 2.72. The molecule has 4 nitrogen and oxygen atoms in total. The predicted octanol–water partition coefficient (Wildman–Crippen LogP) is 1.35. The minimum atomic E-state index is 0.0905. The Morgan fingerprint density at radius 3 is 2.94 bits per heavy atom. The molecule has 2 N–H and O–H groups in total. The number of H-pyrrole nitrogens is 1. The SMILES string of the molecule is CN(C)C(=O)CNCc1ccc2[nH]ccc2c1. The van der Waals surface area contributed by atoms with Gasteiger partial charge in [0.25, 0.3) is 0 Å². The second kappa shape index (κ2) is 5.01. The number of aromatic amines is 1. The minimum absolute atomic E-state index is 0.0905. The highest BCUT2D eigenvalue weighted by Gasteiger charge is 2.03. The summed E-state index contributed by atoms with van der Waals surface area (Å²) in [4.78, 5) is 16.1. The van der Waals surface area contributed by atoms with E-state index in [4.69, 9.17) is 0 Å². The molecule has 0 atom stereocenters. The molecule has 0 aliphatic carbocycles. The first kappa shape index (κ1) is 11.7. The lowest BCUT2D eigenvalue weighted by atomic mass is 10.1. The molecule has 4 heteroatoms. The van der Waals surface area contributed by atoms with Gasteiger partial charge in [0.2, 0.25) is 5.91 Å². The molecule has 0 unspecified atom stereocenters. The van der Waals surface area contributed by atoms with Crippen molar-refractivity contribution >= 4 is 16.8 Å². The van der Waals surface area contributed by atoms with Crippen LogP contribution in [0.5, 0.6) is 0 Å². The number of amides is 1. The average Bonchev–Trinajstić information content (AvgIpc) is 2.75. The standard InChI is InChI=1S/C13H17N3O/c1-16(2)13(17)9-14-8-10-3-4-12-11(7-10)5-6-15-12/h3-7,14-15H,8-9H2,1-2H3. The number of nitrogens with one attached hydrogen (secondary N) is 2. The second-order valence-corrected chi connectivity index (χ2v) is 4.29. The van der Waals surface area contributed by atoms with Gasteiger partial charge in [-0.2, -0.15) is 0 Å². The molecule has 0 radical (unpaired) electrons. The van der Waals surface area contributed by atoms with Crippen molar-refractivity contribution in [2.24, 2.45) is 0 Å². The Morgan fingerprint density at radius 2 is 2.18 bits per heavy atom. The van der Waals surface area contributed by atoms with Crippen LogP contribution in [-0.2, 0) is 11.3 Å². The number of likely N-dealkylation sites (N-methyl/N-ethyl adjacent to an activating group) is 1. The highest BCUT2D eigenvalue weighted by molar-refractivity contribution is 5.80. The number of fused-ring (bicyclic) bond motifs is 1. The summed E-state index contributed by atoms with van der Waals surface area (Å²) >= 11 is 0. The van der Waals surface area contributed by atoms with E-state index in [-0.39, 0.29) is 5.91 Å². The van der Waals surface area contributed by atoms with Crippen LogP contribution in [-0.4, -0.2) is 36.4 Å². The molecule has 1 aromatic heterocycles. The lowest BCUT2D eigenvalue weighted by Gasteiger charge is -2.10. The zero-order valence-electron chi connectivity index (χ0n) is 10.2. The van der Waals surface area contributed by atoms with Crippen LogP contribution in [0.25, 0.3) is 10.9 Å². The van der Waals surface area contributed by atoms with Crippen molar-refractivity contribution in [3.8, 4) is 0 Å². The Hall–Kier alpha value is -1.81. The number of hydrogen-bond acceptors (Lipinski definition) is 2. The molecule has 0 spiro atoms. The van der Waals surface area contributed by atoms with Gasteiger partial charge in [-0.25, -0.2) is 0 Å². The molecular formula is C13H17N3O. The highest BCUT2D eigenvalue weighted by Crippen LogP contribution is 2.13. The molecule has 1 amide bonds. The van der Waals surface area contributed by atoms with E-state index in [1.165, 1.54) is 10.9 Å². The Bertz CT molecular complexity index is 516. The van der Waals surface area contributed by atoms with Crippen molar-refractivity contribution in [3.05, 3.63) is 36.0 Å². The molecular weight excluding hydrogens is 214 g/mol. The molecule has 2 aromatic rings. The first-order chi connectivity index (χ1) is 8.16. The van der Waals surface area contributed by atoms with Crippen LogP contribution in [0.2, 0.25) is 0 Å². The maximum atomic E-state index is 11.4. The summed E-state index contributed by atoms with van der Waals surface area (Å²) in [5.41, 5.74) is 2.32.